The van der Waals surface area contributed by atoms with E-state index in [2.05, 4.69) is 22.3 Å². The average molecular weight is 436 g/mol. The summed E-state index contributed by atoms with van der Waals surface area (Å²) in [6.45, 7) is 12.1. The van der Waals surface area contributed by atoms with Gasteiger partial charge in [0, 0.05) is 31.0 Å². The van der Waals surface area contributed by atoms with Crippen molar-refractivity contribution in [2.75, 3.05) is 20.1 Å². The summed E-state index contributed by atoms with van der Waals surface area (Å²) in [5.74, 6) is 1.32. The molecule has 7 heteroatoms. The highest BCUT2D eigenvalue weighted by atomic mass is 35.5. The van der Waals surface area contributed by atoms with Gasteiger partial charge in [-0.15, -0.1) is 0 Å². The van der Waals surface area contributed by atoms with E-state index in [1.165, 1.54) is 13.0 Å². The standard InChI is InChI=1S/C15H19ClN2O.C6H11N.2CH2O/c1-18-8-10-6-7-14(12(10)9-18)17-15(19)11-4-2-3-5-13(11)16;1-4-6(3)7-5-2;2*1-2/h2-5,10,12,14H,6-9H2,1H3,(H,17,19);4-5H,1-3H3;2*1H2/b;6-4-,7-5?;;. The number of benzene rings is 1. The molecule has 1 heterocycles. The lowest BCUT2D eigenvalue weighted by Gasteiger charge is -2.20. The summed E-state index contributed by atoms with van der Waals surface area (Å²) in [6, 6.07) is 7.54. The Kier molecular flexibility index (Phi) is 14.3. The van der Waals surface area contributed by atoms with Gasteiger partial charge in [0.05, 0.1) is 10.6 Å². The molecule has 3 unspecified atom stereocenters. The Morgan fingerprint density at radius 3 is 2.33 bits per heavy atom. The second-order valence-corrected chi connectivity index (χ2v) is 7.51. The van der Waals surface area contributed by atoms with Gasteiger partial charge in [0.25, 0.3) is 5.91 Å². The minimum absolute atomic E-state index is 0.0363. The van der Waals surface area contributed by atoms with Crippen LogP contribution < -0.4 is 5.32 Å². The third-order valence-electron chi connectivity index (χ3n) is 5.22. The molecular weight excluding hydrogens is 402 g/mol. The van der Waals surface area contributed by atoms with Crippen molar-refractivity contribution in [3.8, 4) is 0 Å². The number of carbonyl (C=O) groups is 3. The zero-order valence-corrected chi connectivity index (χ0v) is 19.2. The highest BCUT2D eigenvalue weighted by molar-refractivity contribution is 6.33. The highest BCUT2D eigenvalue weighted by Gasteiger charge is 2.42. The van der Waals surface area contributed by atoms with Crippen molar-refractivity contribution in [2.45, 2.75) is 39.7 Å². The second kappa shape index (κ2) is 15.5. The Morgan fingerprint density at radius 2 is 1.80 bits per heavy atom. The lowest BCUT2D eigenvalue weighted by molar-refractivity contribution is -0.0987. The number of amides is 1. The van der Waals surface area contributed by atoms with Gasteiger partial charge in [-0.05, 0) is 64.6 Å². The van der Waals surface area contributed by atoms with Crippen molar-refractivity contribution < 1.29 is 14.4 Å². The molecule has 3 rings (SSSR count). The summed E-state index contributed by atoms with van der Waals surface area (Å²) >= 11 is 6.07. The highest BCUT2D eigenvalue weighted by Crippen LogP contribution is 2.37. The number of rotatable bonds is 3. The number of nitrogens with zero attached hydrogens (tertiary/aromatic N) is 2. The average Bonchev–Trinajstić information content (AvgIpc) is 3.31. The number of likely N-dealkylation sites (tertiary alicyclic amines) is 1. The topological polar surface area (TPSA) is 78.8 Å². The van der Waals surface area contributed by atoms with Crippen LogP contribution in [0.2, 0.25) is 5.02 Å². The molecule has 0 aromatic heterocycles. The maximum absolute atomic E-state index is 12.3. The molecular formula is C23H34ClN3O3. The van der Waals surface area contributed by atoms with Crippen molar-refractivity contribution in [2.24, 2.45) is 16.8 Å². The third kappa shape index (κ3) is 8.59. The molecule has 1 aliphatic heterocycles. The zero-order chi connectivity index (χ0) is 23.1. The first kappa shape index (κ1) is 27.7. The normalized spacial score (nSPS) is 22.6. The molecule has 0 spiro atoms. The van der Waals surface area contributed by atoms with E-state index < -0.39 is 0 Å². The van der Waals surface area contributed by atoms with E-state index in [0.29, 0.717) is 22.5 Å². The number of halogens is 1. The molecule has 1 saturated heterocycles. The Labute approximate surface area is 185 Å². The molecule has 1 aliphatic carbocycles. The fourth-order valence-corrected chi connectivity index (χ4v) is 4.06. The van der Waals surface area contributed by atoms with Crippen LogP contribution in [0.1, 0.15) is 44.0 Å². The first-order chi connectivity index (χ1) is 14.5. The van der Waals surface area contributed by atoms with Crippen LogP contribution in [0.4, 0.5) is 0 Å². The fraction of sp³-hybridized carbons (Fsp3) is 0.478. The Morgan fingerprint density at radius 1 is 1.17 bits per heavy atom. The molecule has 1 N–H and O–H groups in total. The molecule has 30 heavy (non-hydrogen) atoms. The first-order valence-electron chi connectivity index (χ1n) is 9.89. The van der Waals surface area contributed by atoms with Crippen LogP contribution >= 0.6 is 11.6 Å². The van der Waals surface area contributed by atoms with E-state index >= 15 is 0 Å². The van der Waals surface area contributed by atoms with Gasteiger partial charge in [-0.3, -0.25) is 9.79 Å². The second-order valence-electron chi connectivity index (χ2n) is 7.10. The van der Waals surface area contributed by atoms with Gasteiger partial charge < -0.3 is 19.8 Å². The number of allylic oxidation sites excluding steroid dienone is 2. The quantitative estimate of drug-likeness (QED) is 0.726. The molecule has 3 atom stereocenters. The van der Waals surface area contributed by atoms with Crippen molar-refractivity contribution in [1.29, 1.82) is 0 Å². The van der Waals surface area contributed by atoms with E-state index in [4.69, 9.17) is 21.2 Å². The molecule has 0 radical (unpaired) electrons. The largest absolute Gasteiger partial charge is 0.349 e. The third-order valence-corrected chi connectivity index (χ3v) is 5.55. The molecule has 1 aromatic carbocycles. The van der Waals surface area contributed by atoms with E-state index in [9.17, 15) is 4.79 Å². The van der Waals surface area contributed by atoms with E-state index in [-0.39, 0.29) is 5.91 Å². The predicted molar refractivity (Wildman–Crippen MR) is 124 cm³/mol. The van der Waals surface area contributed by atoms with Gasteiger partial charge in [-0.1, -0.05) is 29.8 Å². The Balaban J connectivity index is 0.000000650. The summed E-state index contributed by atoms with van der Waals surface area (Å²) in [5, 5.41) is 3.70. The van der Waals surface area contributed by atoms with E-state index in [0.717, 1.165) is 24.6 Å². The molecule has 6 nitrogen and oxygen atoms in total. The minimum atomic E-state index is -0.0363. The van der Waals surface area contributed by atoms with Crippen LogP contribution in [0.5, 0.6) is 0 Å². The molecule has 166 valence electrons. The van der Waals surface area contributed by atoms with Crippen LogP contribution in [0.3, 0.4) is 0 Å². The first-order valence-corrected chi connectivity index (χ1v) is 10.3. The Hall–Kier alpha value is -2.31. The monoisotopic (exact) mass is 435 g/mol. The maximum atomic E-state index is 12.3. The Bertz CT molecular complexity index is 707. The molecule has 2 aliphatic rings. The van der Waals surface area contributed by atoms with Gasteiger partial charge in [-0.25, -0.2) is 0 Å². The molecule has 1 aromatic rings. The predicted octanol–water partition coefficient (Wildman–Crippen LogP) is 4.04. The van der Waals surface area contributed by atoms with Gasteiger partial charge >= 0.3 is 0 Å². The van der Waals surface area contributed by atoms with E-state index in [1.54, 1.807) is 18.3 Å². The van der Waals surface area contributed by atoms with Gasteiger partial charge in [0.15, 0.2) is 0 Å². The van der Waals surface area contributed by atoms with Crippen molar-refractivity contribution in [3.63, 3.8) is 0 Å². The van der Waals surface area contributed by atoms with Crippen LogP contribution in [-0.4, -0.2) is 56.8 Å². The lowest BCUT2D eigenvalue weighted by atomic mass is 9.97. The number of hydrogen-bond donors (Lipinski definition) is 1. The van der Waals surface area contributed by atoms with Crippen LogP contribution in [0.15, 0.2) is 41.0 Å². The van der Waals surface area contributed by atoms with Gasteiger partial charge in [0.2, 0.25) is 0 Å². The molecule has 1 saturated carbocycles. The summed E-state index contributed by atoms with van der Waals surface area (Å²) in [5.41, 5.74) is 1.65. The number of hydrogen-bond acceptors (Lipinski definition) is 5. The molecule has 1 amide bonds. The van der Waals surface area contributed by atoms with Gasteiger partial charge in [0.1, 0.15) is 13.6 Å². The van der Waals surface area contributed by atoms with Crippen LogP contribution in [0, 0.1) is 11.8 Å². The number of nitrogens with one attached hydrogen (secondary N) is 1. The number of aliphatic imine (C=N–C) groups is 1. The summed E-state index contributed by atoms with van der Waals surface area (Å²) in [6.07, 6.45) is 6.08. The van der Waals surface area contributed by atoms with Gasteiger partial charge in [-0.2, -0.15) is 0 Å². The molecule has 0 bridgehead atoms. The summed E-state index contributed by atoms with van der Waals surface area (Å²) in [7, 11) is 2.16. The number of carbonyl (C=O) groups excluding carboxylic acids is 3. The van der Waals surface area contributed by atoms with Crippen molar-refractivity contribution in [3.05, 3.63) is 46.6 Å². The van der Waals surface area contributed by atoms with Crippen molar-refractivity contribution >= 4 is 37.3 Å². The molecule has 2 fully saturated rings. The van der Waals surface area contributed by atoms with Crippen LogP contribution in [0.25, 0.3) is 0 Å². The summed E-state index contributed by atoms with van der Waals surface area (Å²) < 4.78 is 0. The minimum Gasteiger partial charge on any atom is -0.349 e. The maximum Gasteiger partial charge on any atom is 0.253 e. The fourth-order valence-electron chi connectivity index (χ4n) is 3.84. The SMILES string of the molecule is C=O.C=O.CC=N/C(C)=C\C.CN1CC2CCC(NC(=O)c3ccccc3Cl)C2C1. The van der Waals surface area contributed by atoms with Crippen LogP contribution in [-0.2, 0) is 9.59 Å². The summed E-state index contributed by atoms with van der Waals surface area (Å²) in [4.78, 5) is 34.6. The lowest BCUT2D eigenvalue weighted by Crippen LogP contribution is -2.39. The van der Waals surface area contributed by atoms with E-state index in [1.807, 2.05) is 52.6 Å². The number of fused-ring (bicyclic) bond motifs is 1. The smallest absolute Gasteiger partial charge is 0.253 e. The van der Waals surface area contributed by atoms with Crippen molar-refractivity contribution in [1.82, 2.24) is 10.2 Å². The zero-order valence-electron chi connectivity index (χ0n) is 18.4.